The van der Waals surface area contributed by atoms with Gasteiger partial charge in [0.15, 0.2) is 0 Å². The SMILES string of the molecule is CC(C)OC(=O)c1ccc(-c2ccc(N)cc2)cc1. The highest BCUT2D eigenvalue weighted by atomic mass is 16.5. The van der Waals surface area contributed by atoms with E-state index >= 15 is 0 Å². The van der Waals surface area contributed by atoms with Gasteiger partial charge in [0.2, 0.25) is 0 Å². The van der Waals surface area contributed by atoms with Crippen LogP contribution in [0.5, 0.6) is 0 Å². The molecule has 0 saturated carbocycles. The van der Waals surface area contributed by atoms with Crippen molar-refractivity contribution in [3.63, 3.8) is 0 Å². The molecule has 2 aromatic rings. The minimum atomic E-state index is -0.293. The number of carbonyl (C=O) groups is 1. The van der Waals surface area contributed by atoms with Crippen LogP contribution in [0.3, 0.4) is 0 Å². The minimum absolute atomic E-state index is 0.107. The summed E-state index contributed by atoms with van der Waals surface area (Å²) in [7, 11) is 0. The average Bonchev–Trinajstić information content (AvgIpc) is 2.39. The van der Waals surface area contributed by atoms with E-state index in [0.717, 1.165) is 16.8 Å². The predicted molar refractivity (Wildman–Crippen MR) is 76.8 cm³/mol. The molecular formula is C16H17NO2. The van der Waals surface area contributed by atoms with Crippen molar-refractivity contribution in [3.8, 4) is 11.1 Å². The lowest BCUT2D eigenvalue weighted by Gasteiger charge is -2.08. The van der Waals surface area contributed by atoms with Crippen molar-refractivity contribution in [2.45, 2.75) is 20.0 Å². The van der Waals surface area contributed by atoms with Gasteiger partial charge in [0.25, 0.3) is 0 Å². The van der Waals surface area contributed by atoms with Gasteiger partial charge in [-0.25, -0.2) is 4.79 Å². The van der Waals surface area contributed by atoms with Crippen LogP contribution in [0.1, 0.15) is 24.2 Å². The van der Waals surface area contributed by atoms with E-state index in [1.807, 2.05) is 50.2 Å². The minimum Gasteiger partial charge on any atom is -0.459 e. The molecule has 0 aliphatic heterocycles. The fourth-order valence-electron chi connectivity index (χ4n) is 1.76. The zero-order valence-electron chi connectivity index (χ0n) is 11.1. The number of hydrogen-bond acceptors (Lipinski definition) is 3. The van der Waals surface area contributed by atoms with Crippen LogP contribution in [0, 0.1) is 0 Å². The van der Waals surface area contributed by atoms with Crippen LogP contribution in [0.4, 0.5) is 5.69 Å². The summed E-state index contributed by atoms with van der Waals surface area (Å²) in [6.45, 7) is 3.67. The molecule has 98 valence electrons. The second-order valence-corrected chi connectivity index (χ2v) is 4.65. The van der Waals surface area contributed by atoms with Crippen molar-refractivity contribution in [1.82, 2.24) is 0 Å². The van der Waals surface area contributed by atoms with Gasteiger partial charge in [-0.05, 0) is 49.2 Å². The fourth-order valence-corrected chi connectivity index (χ4v) is 1.76. The Hall–Kier alpha value is -2.29. The molecule has 0 unspecified atom stereocenters. The second kappa shape index (κ2) is 5.57. The lowest BCUT2D eigenvalue weighted by atomic mass is 10.0. The topological polar surface area (TPSA) is 52.3 Å². The van der Waals surface area contributed by atoms with Gasteiger partial charge >= 0.3 is 5.97 Å². The van der Waals surface area contributed by atoms with Crippen LogP contribution in [0.25, 0.3) is 11.1 Å². The van der Waals surface area contributed by atoms with Gasteiger partial charge in [-0.1, -0.05) is 24.3 Å². The number of carbonyl (C=O) groups excluding carboxylic acids is 1. The Bertz CT molecular complexity index is 556. The number of rotatable bonds is 3. The summed E-state index contributed by atoms with van der Waals surface area (Å²) in [6.07, 6.45) is -0.107. The Morgan fingerprint density at radius 3 is 1.89 bits per heavy atom. The van der Waals surface area contributed by atoms with Gasteiger partial charge < -0.3 is 10.5 Å². The van der Waals surface area contributed by atoms with Crippen molar-refractivity contribution in [1.29, 1.82) is 0 Å². The molecule has 0 heterocycles. The van der Waals surface area contributed by atoms with Crippen LogP contribution in [-0.2, 0) is 4.74 Å². The van der Waals surface area contributed by atoms with Gasteiger partial charge in [-0.15, -0.1) is 0 Å². The van der Waals surface area contributed by atoms with E-state index in [1.54, 1.807) is 12.1 Å². The first kappa shape index (κ1) is 13.1. The van der Waals surface area contributed by atoms with Crippen LogP contribution in [0.15, 0.2) is 48.5 Å². The summed E-state index contributed by atoms with van der Waals surface area (Å²) in [5.74, 6) is -0.293. The lowest BCUT2D eigenvalue weighted by molar-refractivity contribution is 0.0378. The molecule has 0 saturated heterocycles. The largest absolute Gasteiger partial charge is 0.459 e. The molecule has 0 amide bonds. The molecule has 0 bridgehead atoms. The van der Waals surface area contributed by atoms with E-state index in [1.165, 1.54) is 0 Å². The molecule has 0 atom stereocenters. The number of benzene rings is 2. The molecule has 3 heteroatoms. The summed E-state index contributed by atoms with van der Waals surface area (Å²) >= 11 is 0. The van der Waals surface area contributed by atoms with E-state index in [-0.39, 0.29) is 12.1 Å². The van der Waals surface area contributed by atoms with E-state index in [2.05, 4.69) is 0 Å². The quantitative estimate of drug-likeness (QED) is 0.674. The predicted octanol–water partition coefficient (Wildman–Crippen LogP) is 3.50. The van der Waals surface area contributed by atoms with Crippen LogP contribution in [0.2, 0.25) is 0 Å². The molecule has 3 nitrogen and oxygen atoms in total. The monoisotopic (exact) mass is 255 g/mol. The number of hydrogen-bond donors (Lipinski definition) is 1. The molecule has 0 radical (unpaired) electrons. The standard InChI is InChI=1S/C16H17NO2/c1-11(2)19-16(18)14-5-3-12(4-6-14)13-7-9-15(17)10-8-13/h3-11H,17H2,1-2H3. The van der Waals surface area contributed by atoms with Gasteiger partial charge in [0.1, 0.15) is 0 Å². The fraction of sp³-hybridized carbons (Fsp3) is 0.188. The Kier molecular flexibility index (Phi) is 3.85. The number of ether oxygens (including phenoxy) is 1. The normalized spacial score (nSPS) is 10.5. The van der Waals surface area contributed by atoms with Gasteiger partial charge in [-0.3, -0.25) is 0 Å². The highest BCUT2D eigenvalue weighted by Crippen LogP contribution is 2.21. The van der Waals surface area contributed by atoms with E-state index in [4.69, 9.17) is 10.5 Å². The zero-order chi connectivity index (χ0) is 13.8. The first-order chi connectivity index (χ1) is 9.06. The first-order valence-electron chi connectivity index (χ1n) is 6.23. The highest BCUT2D eigenvalue weighted by Gasteiger charge is 2.08. The highest BCUT2D eigenvalue weighted by molar-refractivity contribution is 5.90. The molecular weight excluding hydrogens is 238 g/mol. The van der Waals surface area contributed by atoms with Gasteiger partial charge in [-0.2, -0.15) is 0 Å². The summed E-state index contributed by atoms with van der Waals surface area (Å²) in [5.41, 5.74) is 9.06. The molecule has 2 aromatic carbocycles. The van der Waals surface area contributed by atoms with Crippen molar-refractivity contribution >= 4 is 11.7 Å². The van der Waals surface area contributed by atoms with Crippen LogP contribution >= 0.6 is 0 Å². The van der Waals surface area contributed by atoms with Gasteiger partial charge in [0, 0.05) is 5.69 Å². The third-order valence-corrected chi connectivity index (χ3v) is 2.71. The van der Waals surface area contributed by atoms with E-state index in [0.29, 0.717) is 5.56 Å². The molecule has 0 fully saturated rings. The summed E-state index contributed by atoms with van der Waals surface area (Å²) in [5, 5.41) is 0. The smallest absolute Gasteiger partial charge is 0.338 e. The van der Waals surface area contributed by atoms with Gasteiger partial charge in [0.05, 0.1) is 11.7 Å². The van der Waals surface area contributed by atoms with Crippen molar-refractivity contribution < 1.29 is 9.53 Å². The van der Waals surface area contributed by atoms with Crippen LogP contribution in [-0.4, -0.2) is 12.1 Å². The molecule has 19 heavy (non-hydrogen) atoms. The number of nitrogens with two attached hydrogens (primary N) is 1. The van der Waals surface area contributed by atoms with Crippen LogP contribution < -0.4 is 5.73 Å². The van der Waals surface area contributed by atoms with Crippen molar-refractivity contribution in [2.24, 2.45) is 0 Å². The molecule has 2 rings (SSSR count). The summed E-state index contributed by atoms with van der Waals surface area (Å²) in [6, 6.07) is 15.0. The average molecular weight is 255 g/mol. The first-order valence-corrected chi connectivity index (χ1v) is 6.23. The summed E-state index contributed by atoms with van der Waals surface area (Å²) in [4.78, 5) is 11.7. The van der Waals surface area contributed by atoms with E-state index < -0.39 is 0 Å². The maximum Gasteiger partial charge on any atom is 0.338 e. The Labute approximate surface area is 113 Å². The Morgan fingerprint density at radius 1 is 0.947 bits per heavy atom. The number of esters is 1. The molecule has 0 aliphatic rings. The Morgan fingerprint density at radius 2 is 1.42 bits per heavy atom. The maximum absolute atomic E-state index is 11.7. The lowest BCUT2D eigenvalue weighted by Crippen LogP contribution is -2.11. The van der Waals surface area contributed by atoms with E-state index in [9.17, 15) is 4.79 Å². The van der Waals surface area contributed by atoms with Crippen molar-refractivity contribution in [3.05, 3.63) is 54.1 Å². The molecule has 2 N–H and O–H groups in total. The molecule has 0 aliphatic carbocycles. The van der Waals surface area contributed by atoms with Crippen molar-refractivity contribution in [2.75, 3.05) is 5.73 Å². The maximum atomic E-state index is 11.7. The number of anilines is 1. The summed E-state index contributed by atoms with van der Waals surface area (Å²) < 4.78 is 5.14. The third-order valence-electron chi connectivity index (χ3n) is 2.71. The number of nitrogen functional groups attached to an aromatic ring is 1. The zero-order valence-corrected chi connectivity index (χ0v) is 11.1. The Balaban J connectivity index is 2.18. The molecule has 0 spiro atoms. The molecule has 0 aromatic heterocycles. The third kappa shape index (κ3) is 3.35. The second-order valence-electron chi connectivity index (χ2n) is 4.65.